The lowest BCUT2D eigenvalue weighted by Gasteiger charge is -2.30. The molecule has 8 heteroatoms. The third-order valence-corrected chi connectivity index (χ3v) is 4.12. The molecule has 0 unspecified atom stereocenters. The molecule has 0 aliphatic carbocycles. The number of aliphatic hydroxyl groups excluding tert-OH is 1. The van der Waals surface area contributed by atoms with Gasteiger partial charge in [-0.25, -0.2) is 0 Å². The van der Waals surface area contributed by atoms with Gasteiger partial charge in [0.15, 0.2) is 0 Å². The molecule has 1 fully saturated rings. The van der Waals surface area contributed by atoms with E-state index in [0.29, 0.717) is 12.1 Å². The summed E-state index contributed by atoms with van der Waals surface area (Å²) in [4.78, 5) is 13.0. The van der Waals surface area contributed by atoms with E-state index in [0.717, 1.165) is 32.7 Å². The number of hydrogen-bond donors (Lipinski definition) is 3. The maximum atomic E-state index is 12.2. The lowest BCUT2D eigenvalue weighted by molar-refractivity contribution is -1.02. The SMILES string of the molecule is COc1cc([N+](=O)[O-])cc(C[NH+]2CC[NH+](CCO)CC2)c1[O-]. The Morgan fingerprint density at radius 1 is 1.27 bits per heavy atom. The molecule has 1 saturated heterocycles. The van der Waals surface area contributed by atoms with Crippen LogP contribution in [-0.4, -0.2) is 56.5 Å². The van der Waals surface area contributed by atoms with Crippen molar-refractivity contribution in [2.75, 3.05) is 46.4 Å². The van der Waals surface area contributed by atoms with Crippen molar-refractivity contribution in [3.63, 3.8) is 0 Å². The standard InChI is InChI=1S/C14H21N3O5/c1-22-13-9-12(17(20)21)8-11(14(13)19)10-16-4-2-15(3-5-16)6-7-18/h8-9,18-19H,2-7,10H2,1H3/p+1. The van der Waals surface area contributed by atoms with Crippen molar-refractivity contribution in [2.45, 2.75) is 6.54 Å². The number of rotatable bonds is 6. The largest absolute Gasteiger partial charge is 0.870 e. The predicted molar refractivity (Wildman–Crippen MR) is 76.1 cm³/mol. The smallest absolute Gasteiger partial charge is 0.273 e. The Hall–Kier alpha value is -1.90. The molecule has 0 bridgehead atoms. The second kappa shape index (κ2) is 7.39. The van der Waals surface area contributed by atoms with Crippen LogP contribution < -0.4 is 19.6 Å². The summed E-state index contributed by atoms with van der Waals surface area (Å²) in [7, 11) is 1.34. The summed E-state index contributed by atoms with van der Waals surface area (Å²) in [6.45, 7) is 4.98. The van der Waals surface area contributed by atoms with Crippen LogP contribution >= 0.6 is 0 Å². The van der Waals surface area contributed by atoms with Gasteiger partial charge in [0.1, 0.15) is 45.0 Å². The summed E-state index contributed by atoms with van der Waals surface area (Å²) < 4.78 is 4.96. The van der Waals surface area contributed by atoms with Crippen molar-refractivity contribution in [1.82, 2.24) is 0 Å². The number of non-ortho nitro benzene ring substituents is 1. The van der Waals surface area contributed by atoms with Crippen LogP contribution in [0.1, 0.15) is 5.56 Å². The maximum absolute atomic E-state index is 12.2. The third-order valence-electron chi connectivity index (χ3n) is 4.12. The number of piperazine rings is 1. The highest BCUT2D eigenvalue weighted by atomic mass is 16.6. The summed E-state index contributed by atoms with van der Waals surface area (Å²) in [5.41, 5.74) is 0.307. The van der Waals surface area contributed by atoms with E-state index in [-0.39, 0.29) is 23.8 Å². The van der Waals surface area contributed by atoms with Gasteiger partial charge in [-0.3, -0.25) is 10.1 Å². The number of nitro groups is 1. The zero-order chi connectivity index (χ0) is 16.1. The first kappa shape index (κ1) is 16.5. The van der Waals surface area contributed by atoms with Crippen molar-refractivity contribution in [1.29, 1.82) is 0 Å². The Balaban J connectivity index is 2.09. The van der Waals surface area contributed by atoms with Crippen molar-refractivity contribution in [3.8, 4) is 11.5 Å². The number of quaternary nitrogens is 2. The second-order valence-corrected chi connectivity index (χ2v) is 5.54. The van der Waals surface area contributed by atoms with Gasteiger partial charge in [0.05, 0.1) is 24.7 Å². The van der Waals surface area contributed by atoms with E-state index in [4.69, 9.17) is 9.84 Å². The minimum Gasteiger partial charge on any atom is -0.870 e. The van der Waals surface area contributed by atoms with Gasteiger partial charge in [0.2, 0.25) is 0 Å². The lowest BCUT2D eigenvalue weighted by Crippen LogP contribution is -3.27. The van der Waals surface area contributed by atoms with Crippen molar-refractivity contribution in [2.24, 2.45) is 0 Å². The molecule has 8 nitrogen and oxygen atoms in total. The van der Waals surface area contributed by atoms with Gasteiger partial charge >= 0.3 is 0 Å². The van der Waals surface area contributed by atoms with Crippen molar-refractivity contribution in [3.05, 3.63) is 27.8 Å². The van der Waals surface area contributed by atoms with Crippen LogP contribution in [-0.2, 0) is 6.54 Å². The number of hydrogen-bond acceptors (Lipinski definition) is 5. The normalized spacial score (nSPS) is 21.5. The van der Waals surface area contributed by atoms with Crippen molar-refractivity contribution < 1.29 is 29.7 Å². The molecule has 122 valence electrons. The fourth-order valence-corrected chi connectivity index (χ4v) is 2.84. The molecule has 1 aromatic rings. The summed E-state index contributed by atoms with van der Waals surface area (Å²) in [6, 6.07) is 2.52. The number of methoxy groups -OCH3 is 1. The van der Waals surface area contributed by atoms with Crippen LogP contribution in [0.15, 0.2) is 12.1 Å². The molecule has 0 amide bonds. The minimum atomic E-state index is -0.510. The fraction of sp³-hybridized carbons (Fsp3) is 0.571. The topological polar surface area (TPSA) is 105 Å². The zero-order valence-corrected chi connectivity index (χ0v) is 12.6. The number of benzene rings is 1. The van der Waals surface area contributed by atoms with E-state index in [1.807, 2.05) is 0 Å². The Morgan fingerprint density at radius 3 is 2.45 bits per heavy atom. The molecule has 1 aliphatic heterocycles. The number of nitro benzene ring substituents is 1. The monoisotopic (exact) mass is 312 g/mol. The molecule has 0 radical (unpaired) electrons. The number of ether oxygens (including phenoxy) is 1. The molecule has 22 heavy (non-hydrogen) atoms. The maximum Gasteiger partial charge on any atom is 0.273 e. The second-order valence-electron chi connectivity index (χ2n) is 5.54. The van der Waals surface area contributed by atoms with E-state index in [1.165, 1.54) is 29.0 Å². The highest BCUT2D eigenvalue weighted by Crippen LogP contribution is 2.31. The first-order valence-corrected chi connectivity index (χ1v) is 7.35. The van der Waals surface area contributed by atoms with E-state index in [1.54, 1.807) is 0 Å². The average Bonchev–Trinajstić information content (AvgIpc) is 2.51. The molecule has 1 aliphatic rings. The van der Waals surface area contributed by atoms with Crippen LogP contribution in [0.2, 0.25) is 0 Å². The van der Waals surface area contributed by atoms with Crippen molar-refractivity contribution >= 4 is 5.69 Å². The summed E-state index contributed by atoms with van der Waals surface area (Å²) in [5, 5.41) is 32.1. The van der Waals surface area contributed by atoms with Gasteiger partial charge in [-0.15, -0.1) is 0 Å². The molecule has 0 aromatic heterocycles. The first-order chi connectivity index (χ1) is 10.5. The van der Waals surface area contributed by atoms with Gasteiger partial charge in [-0.2, -0.15) is 0 Å². The van der Waals surface area contributed by atoms with Crippen LogP contribution in [0.5, 0.6) is 11.5 Å². The molecular weight excluding hydrogens is 290 g/mol. The molecule has 3 N–H and O–H groups in total. The van der Waals surface area contributed by atoms with Crippen LogP contribution in [0.25, 0.3) is 0 Å². The van der Waals surface area contributed by atoms with E-state index in [9.17, 15) is 15.2 Å². The minimum absolute atomic E-state index is 0.0214. The van der Waals surface area contributed by atoms with Crippen LogP contribution in [0.4, 0.5) is 5.69 Å². The fourth-order valence-electron chi connectivity index (χ4n) is 2.84. The number of aliphatic hydroxyl groups is 1. The molecule has 2 rings (SSSR count). The lowest BCUT2D eigenvalue weighted by atomic mass is 10.1. The number of nitrogens with zero attached hydrogens (tertiary/aromatic N) is 1. The summed E-state index contributed by atoms with van der Waals surface area (Å²) in [6.07, 6.45) is 0. The quantitative estimate of drug-likeness (QED) is 0.382. The Bertz CT molecular complexity index is 529. The molecule has 0 spiro atoms. The highest BCUT2D eigenvalue weighted by molar-refractivity contribution is 5.52. The predicted octanol–water partition coefficient (Wildman–Crippen LogP) is -3.05. The average molecular weight is 312 g/mol. The molecule has 0 saturated carbocycles. The zero-order valence-electron chi connectivity index (χ0n) is 12.6. The Morgan fingerprint density at radius 2 is 1.91 bits per heavy atom. The molecule has 1 heterocycles. The van der Waals surface area contributed by atoms with E-state index >= 15 is 0 Å². The molecular formula is C14H22N3O5+. The van der Waals surface area contributed by atoms with Gasteiger partial charge < -0.3 is 24.7 Å². The van der Waals surface area contributed by atoms with Gasteiger partial charge in [0, 0.05) is 11.6 Å². The first-order valence-electron chi connectivity index (χ1n) is 7.35. The third kappa shape index (κ3) is 3.85. The van der Waals surface area contributed by atoms with Gasteiger partial charge in [0.25, 0.3) is 5.69 Å². The highest BCUT2D eigenvalue weighted by Gasteiger charge is 2.24. The van der Waals surface area contributed by atoms with Crippen LogP contribution in [0, 0.1) is 10.1 Å². The van der Waals surface area contributed by atoms with Gasteiger partial charge in [-0.05, 0) is 0 Å². The molecule has 1 aromatic carbocycles. The summed E-state index contributed by atoms with van der Waals surface area (Å²) >= 11 is 0. The summed E-state index contributed by atoms with van der Waals surface area (Å²) in [5.74, 6) is -0.251. The van der Waals surface area contributed by atoms with Crippen LogP contribution in [0.3, 0.4) is 0 Å². The van der Waals surface area contributed by atoms with Gasteiger partial charge in [-0.1, -0.05) is 5.75 Å². The van der Waals surface area contributed by atoms with E-state index < -0.39 is 4.92 Å². The Labute approximate surface area is 128 Å². The Kier molecular flexibility index (Phi) is 5.53. The van der Waals surface area contributed by atoms with E-state index in [2.05, 4.69) is 0 Å². The molecule has 0 atom stereocenters. The number of nitrogens with one attached hydrogen (secondary N) is 2.